The fourth-order valence-corrected chi connectivity index (χ4v) is 4.57. The molecule has 2 bridgehead atoms. The molecule has 2 aliphatic rings. The van der Waals surface area contributed by atoms with E-state index >= 15 is 0 Å². The lowest BCUT2D eigenvalue weighted by molar-refractivity contribution is -0.117. The Labute approximate surface area is 141 Å². The van der Waals surface area contributed by atoms with E-state index in [1.54, 1.807) is 31.4 Å². The van der Waals surface area contributed by atoms with Gasteiger partial charge in [-0.15, -0.1) is 0 Å². The molecule has 0 saturated heterocycles. The molecule has 0 saturated carbocycles. The lowest BCUT2D eigenvalue weighted by Gasteiger charge is -2.31. The van der Waals surface area contributed by atoms with Crippen LogP contribution < -0.4 is 0 Å². The Morgan fingerprint density at radius 3 is 3.00 bits per heavy atom. The molecule has 114 valence electrons. The molecular formula is C16H14O3S3. The van der Waals surface area contributed by atoms with E-state index in [0.29, 0.717) is 16.9 Å². The first kappa shape index (κ1) is 17.3. The summed E-state index contributed by atoms with van der Waals surface area (Å²) in [5.74, 6) is 11.1. The van der Waals surface area contributed by atoms with Crippen molar-refractivity contribution in [2.75, 3.05) is 12.0 Å². The first-order valence-corrected chi connectivity index (χ1v) is 10.5. The second kappa shape index (κ2) is 8.01. The first-order chi connectivity index (χ1) is 10.6. The lowest BCUT2D eigenvalue weighted by atomic mass is 9.77. The average molecular weight is 350 g/mol. The van der Waals surface area contributed by atoms with Gasteiger partial charge in [0.05, 0.1) is 6.42 Å². The van der Waals surface area contributed by atoms with Gasteiger partial charge in [0.15, 0.2) is 11.4 Å². The zero-order chi connectivity index (χ0) is 16.0. The molecular weight excluding hydrogens is 336 g/mol. The summed E-state index contributed by atoms with van der Waals surface area (Å²) in [5, 5.41) is 21.0. The van der Waals surface area contributed by atoms with Crippen LogP contribution in [0.5, 0.6) is 0 Å². The van der Waals surface area contributed by atoms with Crippen LogP contribution in [0, 0.1) is 23.7 Å². The topological polar surface area (TPSA) is 57.5 Å². The van der Waals surface area contributed by atoms with Gasteiger partial charge in [-0.25, -0.2) is 0 Å². The van der Waals surface area contributed by atoms with Crippen molar-refractivity contribution in [2.24, 2.45) is 0 Å². The molecule has 0 aromatic heterocycles. The number of carbonyl (C=O) groups is 1. The van der Waals surface area contributed by atoms with Crippen molar-refractivity contribution in [3.05, 3.63) is 35.5 Å². The predicted octanol–water partition coefficient (Wildman–Crippen LogP) is 2.14. The largest absolute Gasteiger partial charge is 0.376 e. The summed E-state index contributed by atoms with van der Waals surface area (Å²) < 4.78 is 0. The number of carbonyl (C=O) groups excluding carboxylic acids is 1. The summed E-state index contributed by atoms with van der Waals surface area (Å²) >= 11 is 0. The number of aliphatic hydroxyl groups is 2. The van der Waals surface area contributed by atoms with Gasteiger partial charge < -0.3 is 10.2 Å². The van der Waals surface area contributed by atoms with Crippen LogP contribution in [0.25, 0.3) is 0 Å². The molecule has 0 aromatic carbocycles. The predicted molar refractivity (Wildman–Crippen MR) is 95.0 cm³/mol. The Kier molecular flexibility index (Phi) is 6.31. The van der Waals surface area contributed by atoms with Crippen molar-refractivity contribution in [1.82, 2.24) is 0 Å². The third kappa shape index (κ3) is 4.25. The summed E-state index contributed by atoms with van der Waals surface area (Å²) in [6.45, 7) is 0. The van der Waals surface area contributed by atoms with E-state index in [-0.39, 0.29) is 12.2 Å². The smallest absolute Gasteiger partial charge is 0.160 e. The van der Waals surface area contributed by atoms with Gasteiger partial charge in [-0.3, -0.25) is 4.79 Å². The molecule has 0 aliphatic heterocycles. The van der Waals surface area contributed by atoms with Gasteiger partial charge in [0.25, 0.3) is 0 Å². The highest BCUT2D eigenvalue weighted by Gasteiger charge is 2.39. The van der Waals surface area contributed by atoms with Gasteiger partial charge in [-0.2, -0.15) is 0 Å². The number of fused-ring (bicyclic) bond motifs is 2. The first-order valence-electron chi connectivity index (χ1n) is 6.44. The molecule has 22 heavy (non-hydrogen) atoms. The maximum atomic E-state index is 11.9. The van der Waals surface area contributed by atoms with E-state index < -0.39 is 11.7 Å². The van der Waals surface area contributed by atoms with Crippen LogP contribution in [0.15, 0.2) is 35.5 Å². The molecule has 0 fully saturated rings. The molecule has 2 rings (SSSR count). The van der Waals surface area contributed by atoms with Crippen molar-refractivity contribution < 1.29 is 15.0 Å². The van der Waals surface area contributed by atoms with E-state index in [2.05, 4.69) is 23.7 Å². The Hall–Kier alpha value is -1.02. The molecule has 0 radical (unpaired) electrons. The van der Waals surface area contributed by atoms with Crippen molar-refractivity contribution in [2.45, 2.75) is 18.1 Å². The van der Waals surface area contributed by atoms with Crippen LogP contribution in [0.3, 0.4) is 0 Å². The van der Waals surface area contributed by atoms with Gasteiger partial charge in [0.1, 0.15) is 6.10 Å². The van der Waals surface area contributed by atoms with Crippen molar-refractivity contribution >= 4 is 37.2 Å². The van der Waals surface area contributed by atoms with Crippen LogP contribution in [-0.2, 0) is 4.79 Å². The van der Waals surface area contributed by atoms with Gasteiger partial charge in [0.2, 0.25) is 0 Å². The fourth-order valence-electron chi connectivity index (χ4n) is 2.16. The van der Waals surface area contributed by atoms with Gasteiger partial charge in [0, 0.05) is 16.9 Å². The summed E-state index contributed by atoms with van der Waals surface area (Å²) in [6, 6.07) is 0. The third-order valence-electron chi connectivity index (χ3n) is 3.02. The summed E-state index contributed by atoms with van der Waals surface area (Å²) in [5.41, 5.74) is -0.757. The summed E-state index contributed by atoms with van der Waals surface area (Å²) in [7, 11) is 4.87. The third-order valence-corrected chi connectivity index (χ3v) is 6.75. The minimum Gasteiger partial charge on any atom is -0.376 e. The monoisotopic (exact) mass is 350 g/mol. The van der Waals surface area contributed by atoms with Crippen LogP contribution in [0.4, 0.5) is 0 Å². The highest BCUT2D eigenvalue weighted by Crippen LogP contribution is 2.37. The number of rotatable bonds is 4. The molecule has 2 aliphatic carbocycles. The summed E-state index contributed by atoms with van der Waals surface area (Å²) in [6.07, 6.45) is 6.94. The van der Waals surface area contributed by atoms with Crippen LogP contribution in [0.1, 0.15) is 6.42 Å². The van der Waals surface area contributed by atoms with E-state index in [1.165, 1.54) is 18.2 Å². The Morgan fingerprint density at radius 2 is 2.23 bits per heavy atom. The highest BCUT2D eigenvalue weighted by molar-refractivity contribution is 9.09. The van der Waals surface area contributed by atoms with Crippen molar-refractivity contribution in [3.63, 3.8) is 0 Å². The number of ketones is 1. The minimum atomic E-state index is -1.57. The molecule has 0 amide bonds. The molecule has 0 spiro atoms. The van der Waals surface area contributed by atoms with Crippen LogP contribution in [-0.4, -0.2) is 39.7 Å². The average Bonchev–Trinajstić information content (AvgIpc) is 2.47. The zero-order valence-corrected chi connectivity index (χ0v) is 14.3. The molecule has 3 nitrogen and oxygen atoms in total. The lowest BCUT2D eigenvalue weighted by Crippen LogP contribution is -2.38. The Morgan fingerprint density at radius 1 is 1.45 bits per heavy atom. The van der Waals surface area contributed by atoms with E-state index in [1.807, 2.05) is 12.3 Å². The molecule has 0 aromatic rings. The highest BCUT2D eigenvalue weighted by atomic mass is 33.5. The molecule has 0 unspecified atom stereocenters. The van der Waals surface area contributed by atoms with Crippen molar-refractivity contribution in [1.29, 1.82) is 0 Å². The van der Waals surface area contributed by atoms with E-state index in [0.717, 1.165) is 0 Å². The molecule has 2 N–H and O–H groups in total. The van der Waals surface area contributed by atoms with Crippen LogP contribution >= 0.6 is 31.4 Å². The van der Waals surface area contributed by atoms with Gasteiger partial charge in [-0.1, -0.05) is 51.3 Å². The fraction of sp³-hybridized carbons (Fsp3) is 0.312. The maximum Gasteiger partial charge on any atom is 0.160 e. The van der Waals surface area contributed by atoms with Crippen LogP contribution in [0.2, 0.25) is 0 Å². The normalized spacial score (nSPS) is 29.8. The standard InChI is InChI=1S/C16H14O3S3/c1-20-22-21-9-7-14-13-10-12(17)11-16(14,19)8-5-3-2-4-6-15(13)18/h2-3,7,10,15,18-19H,9,11H2,1H3/b3-2-,14-7+/t15-,16-/m0/s1. The minimum absolute atomic E-state index is 0.107. The molecule has 2 atom stereocenters. The van der Waals surface area contributed by atoms with E-state index in [4.69, 9.17) is 0 Å². The number of aliphatic hydroxyl groups excluding tert-OH is 1. The Bertz CT molecular complexity index is 670. The summed E-state index contributed by atoms with van der Waals surface area (Å²) in [4.78, 5) is 11.9. The van der Waals surface area contributed by atoms with Gasteiger partial charge >= 0.3 is 0 Å². The quantitative estimate of drug-likeness (QED) is 0.460. The molecule has 0 heterocycles. The second-order valence-corrected chi connectivity index (χ2v) is 8.91. The van der Waals surface area contributed by atoms with Gasteiger partial charge in [-0.05, 0) is 34.3 Å². The number of allylic oxidation sites excluding steroid dienone is 3. The Balaban J connectivity index is 2.46. The number of hydrogen-bond acceptors (Lipinski definition) is 6. The number of hydrogen-bond donors (Lipinski definition) is 2. The molecule has 6 heteroatoms. The van der Waals surface area contributed by atoms with Crippen molar-refractivity contribution in [3.8, 4) is 23.7 Å². The van der Waals surface area contributed by atoms with E-state index in [9.17, 15) is 15.0 Å². The zero-order valence-electron chi connectivity index (χ0n) is 11.8. The maximum absolute atomic E-state index is 11.9. The second-order valence-electron chi connectivity index (χ2n) is 4.53. The SMILES string of the molecule is CSSSC/C=C1\C2=CC(=O)C[C@@]1(O)C#C/C=C\C#C[C@@H]2O.